The Bertz CT molecular complexity index is 560. The molecule has 3 nitrogen and oxygen atoms in total. The molecule has 0 saturated carbocycles. The Labute approximate surface area is 117 Å². The number of benzene rings is 1. The van der Waals surface area contributed by atoms with Crippen LogP contribution in [0.4, 0.5) is 5.69 Å². The number of carboxylic acids is 1. The molecule has 0 bridgehead atoms. The molecule has 2 rings (SSSR count). The molecule has 0 radical (unpaired) electrons. The van der Waals surface area contributed by atoms with Gasteiger partial charge < -0.3 is 10.0 Å². The second-order valence-corrected chi connectivity index (χ2v) is 5.97. The second kappa shape index (κ2) is 5.89. The molecule has 0 spiro atoms. The van der Waals surface area contributed by atoms with Crippen molar-refractivity contribution in [1.29, 1.82) is 0 Å². The van der Waals surface area contributed by atoms with Gasteiger partial charge in [-0.15, -0.1) is 11.3 Å². The van der Waals surface area contributed by atoms with E-state index in [1.807, 2.05) is 36.1 Å². The summed E-state index contributed by atoms with van der Waals surface area (Å²) in [6.45, 7) is 4.73. The molecule has 0 aliphatic heterocycles. The molecule has 0 atom stereocenters. The van der Waals surface area contributed by atoms with Gasteiger partial charge in [-0.1, -0.05) is 17.7 Å². The van der Waals surface area contributed by atoms with Gasteiger partial charge in [0.05, 0.1) is 6.54 Å². The minimum Gasteiger partial charge on any atom is -0.480 e. The molecule has 0 fully saturated rings. The van der Waals surface area contributed by atoms with Gasteiger partial charge in [-0.3, -0.25) is 4.79 Å². The predicted octanol–water partition coefficient (Wildman–Crippen LogP) is 3.46. The average molecular weight is 275 g/mol. The van der Waals surface area contributed by atoms with Crippen molar-refractivity contribution < 1.29 is 9.90 Å². The first-order chi connectivity index (χ1) is 9.04. The lowest BCUT2D eigenvalue weighted by Crippen LogP contribution is -2.28. The monoisotopic (exact) mass is 275 g/mol. The fraction of sp³-hybridized carbons (Fsp3) is 0.267. The number of aliphatic carboxylic acids is 1. The third-order valence-electron chi connectivity index (χ3n) is 2.87. The molecule has 0 unspecified atom stereocenters. The summed E-state index contributed by atoms with van der Waals surface area (Å²) >= 11 is 1.71. The summed E-state index contributed by atoms with van der Waals surface area (Å²) in [7, 11) is 0. The molecule has 19 heavy (non-hydrogen) atoms. The highest BCUT2D eigenvalue weighted by Crippen LogP contribution is 2.22. The van der Waals surface area contributed by atoms with E-state index in [1.165, 1.54) is 15.3 Å². The zero-order valence-corrected chi connectivity index (χ0v) is 11.9. The van der Waals surface area contributed by atoms with Crippen molar-refractivity contribution in [1.82, 2.24) is 0 Å². The Balaban J connectivity index is 2.20. The molecule has 0 amide bonds. The van der Waals surface area contributed by atoms with E-state index in [-0.39, 0.29) is 6.54 Å². The zero-order valence-electron chi connectivity index (χ0n) is 11.1. The van der Waals surface area contributed by atoms with Crippen LogP contribution in [0.2, 0.25) is 0 Å². The molecule has 4 heteroatoms. The van der Waals surface area contributed by atoms with Crippen molar-refractivity contribution >= 4 is 23.0 Å². The molecule has 1 aromatic heterocycles. The number of rotatable bonds is 5. The first kappa shape index (κ1) is 13.6. The van der Waals surface area contributed by atoms with E-state index in [0.29, 0.717) is 6.54 Å². The largest absolute Gasteiger partial charge is 0.480 e. The molecule has 1 aromatic carbocycles. The van der Waals surface area contributed by atoms with E-state index < -0.39 is 5.97 Å². The van der Waals surface area contributed by atoms with Gasteiger partial charge in [0, 0.05) is 15.4 Å². The Kier molecular flexibility index (Phi) is 4.22. The molecule has 100 valence electrons. The highest BCUT2D eigenvalue weighted by atomic mass is 32.1. The number of thiophene rings is 1. The zero-order chi connectivity index (χ0) is 13.8. The Hall–Kier alpha value is -1.81. The fourth-order valence-corrected chi connectivity index (χ4v) is 2.82. The summed E-state index contributed by atoms with van der Waals surface area (Å²) in [4.78, 5) is 15.3. The van der Waals surface area contributed by atoms with Crippen LogP contribution in [0.3, 0.4) is 0 Å². The summed E-state index contributed by atoms with van der Waals surface area (Å²) in [5.41, 5.74) is 2.12. The number of aryl methyl sites for hydroxylation is 2. The summed E-state index contributed by atoms with van der Waals surface area (Å²) in [6.07, 6.45) is 0. The van der Waals surface area contributed by atoms with Gasteiger partial charge >= 0.3 is 5.97 Å². The summed E-state index contributed by atoms with van der Waals surface area (Å²) < 4.78 is 0. The van der Waals surface area contributed by atoms with E-state index in [9.17, 15) is 4.79 Å². The number of carboxylic acid groups (broad SMARTS) is 1. The normalized spacial score (nSPS) is 10.4. The second-order valence-electron chi connectivity index (χ2n) is 4.60. The third kappa shape index (κ3) is 3.83. The highest BCUT2D eigenvalue weighted by molar-refractivity contribution is 7.11. The molecule has 2 aromatic rings. The van der Waals surface area contributed by atoms with Crippen LogP contribution in [-0.4, -0.2) is 17.6 Å². The van der Waals surface area contributed by atoms with Crippen molar-refractivity contribution in [2.45, 2.75) is 20.4 Å². The van der Waals surface area contributed by atoms with Crippen LogP contribution in [0, 0.1) is 13.8 Å². The number of carbonyl (C=O) groups is 1. The van der Waals surface area contributed by atoms with Crippen molar-refractivity contribution in [2.75, 3.05) is 11.4 Å². The first-order valence-corrected chi connectivity index (χ1v) is 6.95. The molecule has 0 aliphatic rings. The lowest BCUT2D eigenvalue weighted by molar-refractivity contribution is -0.135. The van der Waals surface area contributed by atoms with Gasteiger partial charge in [0.2, 0.25) is 0 Å². The fourth-order valence-electron chi connectivity index (χ4n) is 1.92. The van der Waals surface area contributed by atoms with Crippen LogP contribution in [-0.2, 0) is 11.3 Å². The van der Waals surface area contributed by atoms with Crippen LogP contribution in [0.5, 0.6) is 0 Å². The molecular formula is C15H17NO2S. The molecule has 0 aliphatic carbocycles. The Morgan fingerprint density at radius 1 is 1.16 bits per heavy atom. The SMILES string of the molecule is Cc1ccc(N(CC(=O)O)Cc2ccc(C)s2)cc1. The van der Waals surface area contributed by atoms with Gasteiger partial charge in [-0.2, -0.15) is 0 Å². The topological polar surface area (TPSA) is 40.5 Å². The summed E-state index contributed by atoms with van der Waals surface area (Å²) in [6, 6.07) is 12.1. The van der Waals surface area contributed by atoms with E-state index in [0.717, 1.165) is 5.69 Å². The first-order valence-electron chi connectivity index (χ1n) is 6.13. The maximum atomic E-state index is 11.0. The van der Waals surface area contributed by atoms with E-state index in [2.05, 4.69) is 19.1 Å². The number of anilines is 1. The molecule has 1 heterocycles. The standard InChI is InChI=1S/C15H17NO2S/c1-11-3-6-13(7-4-11)16(10-15(17)18)9-14-8-5-12(2)19-14/h3-8H,9-10H2,1-2H3,(H,17,18). The highest BCUT2D eigenvalue weighted by Gasteiger charge is 2.12. The number of hydrogen-bond donors (Lipinski definition) is 1. The lowest BCUT2D eigenvalue weighted by atomic mass is 10.2. The van der Waals surface area contributed by atoms with Gasteiger partial charge in [0.25, 0.3) is 0 Å². The van der Waals surface area contributed by atoms with Crippen LogP contribution >= 0.6 is 11.3 Å². The Morgan fingerprint density at radius 2 is 1.84 bits per heavy atom. The van der Waals surface area contributed by atoms with Gasteiger partial charge in [0.15, 0.2) is 0 Å². The van der Waals surface area contributed by atoms with E-state index >= 15 is 0 Å². The summed E-state index contributed by atoms with van der Waals surface area (Å²) in [5.74, 6) is -0.811. The number of hydrogen-bond acceptors (Lipinski definition) is 3. The lowest BCUT2D eigenvalue weighted by Gasteiger charge is -2.22. The summed E-state index contributed by atoms with van der Waals surface area (Å²) in [5, 5.41) is 9.04. The maximum Gasteiger partial charge on any atom is 0.323 e. The van der Waals surface area contributed by atoms with Crippen molar-refractivity contribution in [2.24, 2.45) is 0 Å². The quantitative estimate of drug-likeness (QED) is 0.908. The minimum absolute atomic E-state index is 0.0139. The average Bonchev–Trinajstić information content (AvgIpc) is 2.74. The maximum absolute atomic E-state index is 11.0. The van der Waals surface area contributed by atoms with Crippen LogP contribution < -0.4 is 4.90 Å². The van der Waals surface area contributed by atoms with Gasteiger partial charge in [-0.25, -0.2) is 0 Å². The van der Waals surface area contributed by atoms with E-state index in [4.69, 9.17) is 5.11 Å². The van der Waals surface area contributed by atoms with E-state index in [1.54, 1.807) is 11.3 Å². The third-order valence-corrected chi connectivity index (χ3v) is 3.85. The van der Waals surface area contributed by atoms with Gasteiger partial charge in [-0.05, 0) is 38.1 Å². The molecule has 0 saturated heterocycles. The van der Waals surface area contributed by atoms with Crippen LogP contribution in [0.15, 0.2) is 36.4 Å². The Morgan fingerprint density at radius 3 is 2.37 bits per heavy atom. The van der Waals surface area contributed by atoms with Crippen molar-refractivity contribution in [3.05, 3.63) is 51.7 Å². The van der Waals surface area contributed by atoms with Crippen molar-refractivity contribution in [3.63, 3.8) is 0 Å². The van der Waals surface area contributed by atoms with Gasteiger partial charge in [0.1, 0.15) is 6.54 Å². The number of nitrogens with zero attached hydrogens (tertiary/aromatic N) is 1. The molecular weight excluding hydrogens is 258 g/mol. The smallest absolute Gasteiger partial charge is 0.323 e. The molecule has 1 N–H and O–H groups in total. The van der Waals surface area contributed by atoms with Crippen LogP contribution in [0.1, 0.15) is 15.3 Å². The minimum atomic E-state index is -0.811. The van der Waals surface area contributed by atoms with Crippen LogP contribution in [0.25, 0.3) is 0 Å². The predicted molar refractivity (Wildman–Crippen MR) is 78.9 cm³/mol. The van der Waals surface area contributed by atoms with Crippen molar-refractivity contribution in [3.8, 4) is 0 Å².